The van der Waals surface area contributed by atoms with Gasteiger partial charge in [0.15, 0.2) is 16.8 Å². The van der Waals surface area contributed by atoms with Gasteiger partial charge in [-0.15, -0.1) is 10.2 Å². The molecule has 0 atom stereocenters. The molecule has 4 aromatic rings. The maximum absolute atomic E-state index is 12.5. The van der Waals surface area contributed by atoms with Crippen LogP contribution < -0.4 is 0 Å². The Morgan fingerprint density at radius 1 is 0.931 bits per heavy atom. The summed E-state index contributed by atoms with van der Waals surface area (Å²) in [6.45, 7) is 0. The Morgan fingerprint density at radius 3 is 2.31 bits per heavy atom. The molecule has 1 aromatic heterocycles. The molecule has 4 rings (SSSR count). The van der Waals surface area contributed by atoms with Crippen LogP contribution in [0.25, 0.3) is 17.1 Å². The molecule has 0 N–H and O–H groups in total. The predicted octanol–water partition coefficient (Wildman–Crippen LogP) is 6.33. The van der Waals surface area contributed by atoms with Crippen molar-refractivity contribution in [2.45, 2.75) is 5.16 Å². The van der Waals surface area contributed by atoms with E-state index in [1.165, 1.54) is 11.8 Å². The number of ketones is 1. The highest BCUT2D eigenvalue weighted by Crippen LogP contribution is 2.29. The fourth-order valence-corrected chi connectivity index (χ4v) is 4.05. The summed E-state index contributed by atoms with van der Waals surface area (Å²) in [6, 6.07) is 24.6. The quantitative estimate of drug-likeness (QED) is 0.237. The number of halogens is 2. The van der Waals surface area contributed by atoms with Crippen molar-refractivity contribution < 1.29 is 4.79 Å². The minimum absolute atomic E-state index is 0.0500. The topological polar surface area (TPSA) is 47.8 Å². The fraction of sp³-hybridized carbons (Fsp3) is 0.0455. The van der Waals surface area contributed by atoms with Gasteiger partial charge in [0.05, 0.1) is 5.75 Å². The summed E-state index contributed by atoms with van der Waals surface area (Å²) in [7, 11) is 0. The Morgan fingerprint density at radius 2 is 1.62 bits per heavy atom. The van der Waals surface area contributed by atoms with E-state index in [4.69, 9.17) is 11.6 Å². The van der Waals surface area contributed by atoms with Crippen LogP contribution in [0.5, 0.6) is 0 Å². The van der Waals surface area contributed by atoms with Gasteiger partial charge in [-0.25, -0.2) is 0 Å². The Kier molecular flexibility index (Phi) is 6.13. The third-order valence-corrected chi connectivity index (χ3v) is 5.96. The van der Waals surface area contributed by atoms with Crippen LogP contribution in [0.1, 0.15) is 10.4 Å². The summed E-state index contributed by atoms with van der Waals surface area (Å²) < 4.78 is 2.94. The first kappa shape index (κ1) is 19.9. The lowest BCUT2D eigenvalue weighted by Gasteiger charge is -2.10. The van der Waals surface area contributed by atoms with Crippen LogP contribution in [0.4, 0.5) is 0 Å². The summed E-state index contributed by atoms with van der Waals surface area (Å²) in [5, 5.41) is 10.1. The van der Waals surface area contributed by atoms with Crippen LogP contribution in [0, 0.1) is 0 Å². The van der Waals surface area contributed by atoms with Crippen molar-refractivity contribution in [1.29, 1.82) is 0 Å². The molecular formula is C22H15BrClN3OS. The molecule has 4 nitrogen and oxygen atoms in total. The first-order valence-electron chi connectivity index (χ1n) is 8.80. The molecule has 144 valence electrons. The third-order valence-electron chi connectivity index (χ3n) is 4.25. The van der Waals surface area contributed by atoms with Crippen molar-refractivity contribution in [3.05, 3.63) is 93.9 Å². The highest BCUT2D eigenvalue weighted by Gasteiger charge is 2.17. The Hall–Kier alpha value is -2.41. The number of carbonyl (C=O) groups is 1. The number of thioether (sulfide) groups is 1. The minimum atomic E-state index is 0.0500. The molecule has 0 radical (unpaired) electrons. The molecule has 0 unspecified atom stereocenters. The van der Waals surface area contributed by atoms with Crippen LogP contribution in [0.2, 0.25) is 5.02 Å². The maximum Gasteiger partial charge on any atom is 0.196 e. The second kappa shape index (κ2) is 8.95. The molecule has 29 heavy (non-hydrogen) atoms. The van der Waals surface area contributed by atoms with Gasteiger partial charge in [0, 0.05) is 26.3 Å². The number of aromatic nitrogens is 3. The average molecular weight is 485 g/mol. The molecule has 7 heteroatoms. The molecule has 0 fully saturated rings. The third kappa shape index (κ3) is 4.61. The Labute approximate surface area is 186 Å². The number of hydrogen-bond donors (Lipinski definition) is 0. The summed E-state index contributed by atoms with van der Waals surface area (Å²) in [6.07, 6.45) is 0. The zero-order valence-corrected chi connectivity index (χ0v) is 18.3. The van der Waals surface area contributed by atoms with Crippen LogP contribution in [-0.4, -0.2) is 26.3 Å². The van der Waals surface area contributed by atoms with Crippen LogP contribution in [-0.2, 0) is 0 Å². The van der Waals surface area contributed by atoms with E-state index < -0.39 is 0 Å². The normalized spacial score (nSPS) is 10.8. The lowest BCUT2D eigenvalue weighted by atomic mass is 10.2. The fourth-order valence-electron chi connectivity index (χ4n) is 2.81. The zero-order chi connectivity index (χ0) is 20.2. The van der Waals surface area contributed by atoms with E-state index in [2.05, 4.69) is 26.1 Å². The van der Waals surface area contributed by atoms with Gasteiger partial charge in [0.2, 0.25) is 0 Å². The first-order chi connectivity index (χ1) is 14.1. The number of Topliss-reactive ketones (excluding diaryl/α,β-unsaturated/α-hetero) is 1. The monoisotopic (exact) mass is 483 g/mol. The number of rotatable bonds is 6. The molecule has 0 aliphatic carbocycles. The minimum Gasteiger partial charge on any atom is -0.293 e. The summed E-state index contributed by atoms with van der Waals surface area (Å²) in [5.41, 5.74) is 2.50. The van der Waals surface area contributed by atoms with E-state index in [-0.39, 0.29) is 11.5 Å². The summed E-state index contributed by atoms with van der Waals surface area (Å²) in [5.74, 6) is 1.02. The lowest BCUT2D eigenvalue weighted by Crippen LogP contribution is -2.04. The van der Waals surface area contributed by atoms with E-state index in [1.807, 2.05) is 83.4 Å². The molecule has 0 amide bonds. The van der Waals surface area contributed by atoms with Crippen LogP contribution >= 0.6 is 39.3 Å². The standard InChI is InChI=1S/C22H15BrClN3OS/c23-17-8-12-19(13-9-17)27-21(16-6-10-18(24)11-7-16)25-26-22(27)29-14-20(28)15-4-2-1-3-5-15/h1-13H,14H2. The van der Waals surface area contributed by atoms with Crippen molar-refractivity contribution in [3.63, 3.8) is 0 Å². The molecule has 1 heterocycles. The number of nitrogens with zero attached hydrogens (tertiary/aromatic N) is 3. The zero-order valence-electron chi connectivity index (χ0n) is 15.1. The molecule has 0 bridgehead atoms. The smallest absolute Gasteiger partial charge is 0.196 e. The van der Waals surface area contributed by atoms with Crippen molar-refractivity contribution >= 4 is 45.1 Å². The number of carbonyl (C=O) groups excluding carboxylic acids is 1. The molecule has 0 spiro atoms. The van der Waals surface area contributed by atoms with Crippen molar-refractivity contribution in [2.75, 3.05) is 5.75 Å². The molecule has 3 aromatic carbocycles. The Bertz CT molecular complexity index is 1130. The van der Waals surface area contributed by atoms with Gasteiger partial charge in [-0.05, 0) is 48.5 Å². The molecule has 0 saturated carbocycles. The van der Waals surface area contributed by atoms with Gasteiger partial charge in [0.1, 0.15) is 0 Å². The molecular weight excluding hydrogens is 470 g/mol. The summed E-state index contributed by atoms with van der Waals surface area (Å²) >= 11 is 10.9. The van der Waals surface area contributed by atoms with E-state index in [0.717, 1.165) is 15.7 Å². The van der Waals surface area contributed by atoms with Gasteiger partial charge in [-0.3, -0.25) is 9.36 Å². The Balaban J connectivity index is 1.69. The van der Waals surface area contributed by atoms with Gasteiger partial charge < -0.3 is 0 Å². The highest BCUT2D eigenvalue weighted by atomic mass is 79.9. The number of benzene rings is 3. The maximum atomic E-state index is 12.5. The van der Waals surface area contributed by atoms with Gasteiger partial charge in [-0.2, -0.15) is 0 Å². The lowest BCUT2D eigenvalue weighted by molar-refractivity contribution is 0.102. The van der Waals surface area contributed by atoms with Crippen LogP contribution in [0.3, 0.4) is 0 Å². The molecule has 0 aliphatic heterocycles. The van der Waals surface area contributed by atoms with Crippen molar-refractivity contribution in [2.24, 2.45) is 0 Å². The number of hydrogen-bond acceptors (Lipinski definition) is 4. The van der Waals surface area contributed by atoms with Crippen molar-refractivity contribution in [3.8, 4) is 17.1 Å². The molecule has 0 aliphatic rings. The average Bonchev–Trinajstić information content (AvgIpc) is 3.17. The second-order valence-electron chi connectivity index (χ2n) is 6.20. The summed E-state index contributed by atoms with van der Waals surface area (Å²) in [4.78, 5) is 12.5. The highest BCUT2D eigenvalue weighted by molar-refractivity contribution is 9.10. The van der Waals surface area contributed by atoms with E-state index in [9.17, 15) is 4.79 Å². The van der Waals surface area contributed by atoms with E-state index in [0.29, 0.717) is 21.6 Å². The second-order valence-corrected chi connectivity index (χ2v) is 8.50. The van der Waals surface area contributed by atoms with Gasteiger partial charge in [-0.1, -0.05) is 69.6 Å². The molecule has 0 saturated heterocycles. The first-order valence-corrected chi connectivity index (χ1v) is 11.0. The largest absolute Gasteiger partial charge is 0.293 e. The SMILES string of the molecule is O=C(CSc1nnc(-c2ccc(Cl)cc2)n1-c1ccc(Br)cc1)c1ccccc1. The van der Waals surface area contributed by atoms with Gasteiger partial charge in [0.25, 0.3) is 0 Å². The van der Waals surface area contributed by atoms with E-state index >= 15 is 0 Å². The van der Waals surface area contributed by atoms with E-state index in [1.54, 1.807) is 0 Å². The van der Waals surface area contributed by atoms with Crippen LogP contribution in [0.15, 0.2) is 88.5 Å². The van der Waals surface area contributed by atoms with Crippen molar-refractivity contribution in [1.82, 2.24) is 14.8 Å². The predicted molar refractivity (Wildman–Crippen MR) is 121 cm³/mol. The van der Waals surface area contributed by atoms with Gasteiger partial charge >= 0.3 is 0 Å².